The van der Waals surface area contributed by atoms with E-state index < -0.39 is 0 Å². The van der Waals surface area contributed by atoms with Crippen molar-refractivity contribution in [2.45, 2.75) is 6.42 Å². The van der Waals surface area contributed by atoms with Crippen LogP contribution >= 0.6 is 25.3 Å². The minimum atomic E-state index is -0.141. The van der Waals surface area contributed by atoms with Crippen molar-refractivity contribution in [3.63, 3.8) is 0 Å². The van der Waals surface area contributed by atoms with Crippen molar-refractivity contribution in [3.05, 3.63) is 0 Å². The lowest BCUT2D eigenvalue weighted by Gasteiger charge is -1.90. The van der Waals surface area contributed by atoms with Gasteiger partial charge in [0.05, 0.1) is 6.42 Å². The van der Waals surface area contributed by atoms with Gasteiger partial charge in [0.2, 0.25) is 0 Å². The first-order valence-corrected chi connectivity index (χ1v) is 3.72. The van der Waals surface area contributed by atoms with Crippen molar-refractivity contribution in [1.82, 2.24) is 0 Å². The van der Waals surface area contributed by atoms with Crippen molar-refractivity contribution < 1.29 is 9.59 Å². The Labute approximate surface area is 64.8 Å². The minimum Gasteiger partial charge on any atom is -0.298 e. The SMILES string of the molecule is O=C(CS)CC(=O)CS. The maximum Gasteiger partial charge on any atom is 0.149 e. The molecule has 0 heterocycles. The van der Waals surface area contributed by atoms with Gasteiger partial charge in [-0.3, -0.25) is 9.59 Å². The maximum absolute atomic E-state index is 10.4. The van der Waals surface area contributed by atoms with Gasteiger partial charge >= 0.3 is 0 Å². The van der Waals surface area contributed by atoms with E-state index in [0.717, 1.165) is 0 Å². The smallest absolute Gasteiger partial charge is 0.149 e. The van der Waals surface area contributed by atoms with Crippen LogP contribution in [0.15, 0.2) is 0 Å². The van der Waals surface area contributed by atoms with Gasteiger partial charge in [0.15, 0.2) is 0 Å². The van der Waals surface area contributed by atoms with Crippen molar-refractivity contribution >= 4 is 36.8 Å². The quantitative estimate of drug-likeness (QED) is 0.465. The highest BCUT2D eigenvalue weighted by Crippen LogP contribution is 1.89. The Kier molecular flexibility index (Phi) is 4.90. The summed E-state index contributed by atoms with van der Waals surface area (Å²) < 4.78 is 0. The molecule has 0 aromatic rings. The summed E-state index contributed by atoms with van der Waals surface area (Å²) in [7, 11) is 0. The number of hydrogen-bond donors (Lipinski definition) is 2. The molecule has 0 amide bonds. The second kappa shape index (κ2) is 4.88. The summed E-state index contributed by atoms with van der Waals surface area (Å²) in [5.41, 5.74) is 0. The van der Waals surface area contributed by atoms with Gasteiger partial charge in [0.25, 0.3) is 0 Å². The fourth-order valence-electron chi connectivity index (χ4n) is 0.332. The second-order valence-corrected chi connectivity index (χ2v) is 2.20. The Morgan fingerprint density at radius 1 is 1.00 bits per heavy atom. The zero-order chi connectivity index (χ0) is 7.28. The minimum absolute atomic E-state index is 0.0208. The molecule has 2 nitrogen and oxygen atoms in total. The molecule has 0 N–H and O–H groups in total. The summed E-state index contributed by atoms with van der Waals surface area (Å²) in [6, 6.07) is 0. The Morgan fingerprint density at radius 2 is 1.33 bits per heavy atom. The van der Waals surface area contributed by atoms with Crippen LogP contribution in [0.4, 0.5) is 0 Å². The summed E-state index contributed by atoms with van der Waals surface area (Å²) in [6.07, 6.45) is -0.0208. The van der Waals surface area contributed by atoms with Gasteiger partial charge in [0.1, 0.15) is 11.6 Å². The average Bonchev–Trinajstić information content (AvgIpc) is 1.87. The van der Waals surface area contributed by atoms with Gasteiger partial charge in [-0.05, 0) is 0 Å². The highest BCUT2D eigenvalue weighted by atomic mass is 32.1. The van der Waals surface area contributed by atoms with E-state index in [0.29, 0.717) is 0 Å². The number of hydrogen-bond acceptors (Lipinski definition) is 4. The van der Waals surface area contributed by atoms with Crippen LogP contribution in [-0.2, 0) is 9.59 Å². The van der Waals surface area contributed by atoms with E-state index in [9.17, 15) is 9.59 Å². The standard InChI is InChI=1S/C5H8O2S2/c6-4(2-8)1-5(7)3-9/h8-9H,1-3H2. The van der Waals surface area contributed by atoms with E-state index in [-0.39, 0.29) is 29.5 Å². The number of ketones is 2. The van der Waals surface area contributed by atoms with Gasteiger partial charge in [-0.2, -0.15) is 25.3 Å². The predicted molar refractivity (Wildman–Crippen MR) is 42.3 cm³/mol. The molecule has 0 aliphatic heterocycles. The number of carbonyl (C=O) groups is 2. The maximum atomic E-state index is 10.4. The van der Waals surface area contributed by atoms with E-state index in [1.165, 1.54) is 0 Å². The Hall–Kier alpha value is 0.0400. The third-order valence-corrected chi connectivity index (χ3v) is 1.45. The van der Waals surface area contributed by atoms with Gasteiger partial charge in [-0.1, -0.05) is 0 Å². The van der Waals surface area contributed by atoms with Gasteiger partial charge < -0.3 is 0 Å². The van der Waals surface area contributed by atoms with Gasteiger partial charge in [-0.15, -0.1) is 0 Å². The molecular weight excluding hydrogens is 156 g/mol. The molecule has 0 radical (unpaired) electrons. The molecule has 0 saturated carbocycles. The van der Waals surface area contributed by atoms with Crippen molar-refractivity contribution in [2.75, 3.05) is 11.5 Å². The third kappa shape index (κ3) is 4.54. The Morgan fingerprint density at radius 3 is 1.56 bits per heavy atom. The van der Waals surface area contributed by atoms with E-state index in [1.54, 1.807) is 0 Å². The number of carbonyl (C=O) groups excluding carboxylic acids is 2. The van der Waals surface area contributed by atoms with E-state index in [1.807, 2.05) is 0 Å². The lowest BCUT2D eigenvalue weighted by atomic mass is 10.2. The van der Waals surface area contributed by atoms with Crippen molar-refractivity contribution in [3.8, 4) is 0 Å². The Bertz CT molecular complexity index is 108. The first kappa shape index (κ1) is 9.04. The summed E-state index contributed by atoms with van der Waals surface area (Å²) in [6.45, 7) is 0. The molecule has 0 spiro atoms. The summed E-state index contributed by atoms with van der Waals surface area (Å²) in [5, 5.41) is 0. The van der Waals surface area contributed by atoms with Crippen LogP contribution in [0.1, 0.15) is 6.42 Å². The zero-order valence-electron chi connectivity index (χ0n) is 4.83. The number of rotatable bonds is 4. The van der Waals surface area contributed by atoms with E-state index in [2.05, 4.69) is 25.3 Å². The van der Waals surface area contributed by atoms with Crippen LogP contribution in [0, 0.1) is 0 Å². The number of thiol groups is 2. The lowest BCUT2D eigenvalue weighted by molar-refractivity contribution is -0.124. The largest absolute Gasteiger partial charge is 0.298 e. The Balaban J connectivity index is 3.47. The monoisotopic (exact) mass is 164 g/mol. The van der Waals surface area contributed by atoms with E-state index in [4.69, 9.17) is 0 Å². The lowest BCUT2D eigenvalue weighted by Crippen LogP contribution is -2.09. The van der Waals surface area contributed by atoms with Crippen molar-refractivity contribution in [2.24, 2.45) is 0 Å². The van der Waals surface area contributed by atoms with Crippen LogP contribution < -0.4 is 0 Å². The highest BCUT2D eigenvalue weighted by molar-refractivity contribution is 7.81. The van der Waals surface area contributed by atoms with Crippen LogP contribution in [-0.4, -0.2) is 23.1 Å². The molecule has 0 atom stereocenters. The molecule has 52 valence electrons. The molecule has 9 heavy (non-hydrogen) atoms. The van der Waals surface area contributed by atoms with Crippen LogP contribution in [0.5, 0.6) is 0 Å². The first-order chi connectivity index (χ1) is 4.20. The fourth-order valence-corrected chi connectivity index (χ4v) is 0.555. The van der Waals surface area contributed by atoms with Crippen LogP contribution in [0.2, 0.25) is 0 Å². The average molecular weight is 164 g/mol. The molecule has 4 heteroatoms. The summed E-state index contributed by atoms with van der Waals surface area (Å²) in [4.78, 5) is 20.9. The molecule has 0 aliphatic rings. The molecule has 0 aliphatic carbocycles. The van der Waals surface area contributed by atoms with Crippen LogP contribution in [0.3, 0.4) is 0 Å². The molecule has 0 rings (SSSR count). The third-order valence-electron chi connectivity index (χ3n) is 0.747. The van der Waals surface area contributed by atoms with E-state index >= 15 is 0 Å². The molecule has 0 unspecified atom stereocenters. The second-order valence-electron chi connectivity index (χ2n) is 1.57. The molecular formula is C5H8O2S2. The fraction of sp³-hybridized carbons (Fsp3) is 0.600. The highest BCUT2D eigenvalue weighted by Gasteiger charge is 2.04. The normalized spacial score (nSPS) is 9.11. The molecule has 0 bridgehead atoms. The zero-order valence-corrected chi connectivity index (χ0v) is 6.62. The van der Waals surface area contributed by atoms with Crippen LogP contribution in [0.25, 0.3) is 0 Å². The summed E-state index contributed by atoms with van der Waals surface area (Å²) >= 11 is 7.40. The van der Waals surface area contributed by atoms with Gasteiger partial charge in [-0.25, -0.2) is 0 Å². The molecule has 0 aromatic heterocycles. The first-order valence-electron chi connectivity index (χ1n) is 2.45. The molecule has 0 saturated heterocycles. The summed E-state index contributed by atoms with van der Waals surface area (Å²) in [5.74, 6) is -0.00580. The number of Topliss-reactive ketones (excluding diaryl/α,β-unsaturated/α-hetero) is 2. The molecule has 0 aromatic carbocycles. The van der Waals surface area contributed by atoms with Crippen molar-refractivity contribution in [1.29, 1.82) is 0 Å². The topological polar surface area (TPSA) is 34.1 Å². The molecule has 0 fully saturated rings. The predicted octanol–water partition coefficient (Wildman–Crippen LogP) is 0.374. The van der Waals surface area contributed by atoms with Gasteiger partial charge in [0, 0.05) is 11.5 Å².